The van der Waals surface area contributed by atoms with E-state index in [2.05, 4.69) is 42.6 Å². The van der Waals surface area contributed by atoms with Gasteiger partial charge in [-0.3, -0.25) is 0 Å². The Morgan fingerprint density at radius 2 is 1.86 bits per heavy atom. The molecule has 0 spiro atoms. The van der Waals surface area contributed by atoms with Crippen molar-refractivity contribution in [2.75, 3.05) is 13.2 Å². The number of aromatic nitrogens is 2. The maximum Gasteiger partial charge on any atom is 0.0645 e. The molecule has 4 heteroatoms. The van der Waals surface area contributed by atoms with Crippen LogP contribution in [-0.2, 0) is 6.54 Å². The van der Waals surface area contributed by atoms with E-state index in [9.17, 15) is 5.11 Å². The lowest BCUT2D eigenvalue weighted by atomic mass is 9.83. The van der Waals surface area contributed by atoms with Crippen LogP contribution < -0.4 is 5.32 Å². The molecular formula is C18H27N3O. The summed E-state index contributed by atoms with van der Waals surface area (Å²) in [5, 5.41) is 17.7. The predicted molar refractivity (Wildman–Crippen MR) is 90.1 cm³/mol. The van der Waals surface area contributed by atoms with E-state index in [1.807, 2.05) is 29.8 Å². The number of aliphatic hydroxyl groups is 1. The van der Waals surface area contributed by atoms with E-state index in [0.717, 1.165) is 37.3 Å². The Morgan fingerprint density at radius 3 is 2.45 bits per heavy atom. The predicted octanol–water partition coefficient (Wildman–Crippen LogP) is 3.07. The van der Waals surface area contributed by atoms with Gasteiger partial charge in [-0.2, -0.15) is 5.10 Å². The van der Waals surface area contributed by atoms with Gasteiger partial charge in [0.2, 0.25) is 0 Å². The van der Waals surface area contributed by atoms with E-state index in [1.54, 1.807) is 0 Å². The van der Waals surface area contributed by atoms with Gasteiger partial charge in [0.05, 0.1) is 11.4 Å². The van der Waals surface area contributed by atoms with Crippen LogP contribution in [0.4, 0.5) is 0 Å². The molecule has 0 atom stereocenters. The lowest BCUT2D eigenvalue weighted by Gasteiger charge is -2.29. The van der Waals surface area contributed by atoms with Gasteiger partial charge in [0.1, 0.15) is 0 Å². The summed E-state index contributed by atoms with van der Waals surface area (Å²) in [6.07, 6.45) is 4.04. The standard InChI is InChI=1S/C18H27N3O/c1-4-18(5-2,14-22)13-19-11-16-12-21(20-15(16)3)17-9-7-6-8-10-17/h6-10,12,19,22H,4-5,11,13-14H2,1-3H3. The van der Waals surface area contributed by atoms with Crippen LogP contribution in [-0.4, -0.2) is 28.0 Å². The molecule has 0 fully saturated rings. The minimum absolute atomic E-state index is 0.0106. The monoisotopic (exact) mass is 301 g/mol. The Morgan fingerprint density at radius 1 is 1.18 bits per heavy atom. The molecule has 1 aromatic heterocycles. The second-order valence-corrected chi connectivity index (χ2v) is 5.99. The number of para-hydroxylation sites is 1. The first-order chi connectivity index (χ1) is 10.6. The highest BCUT2D eigenvalue weighted by Gasteiger charge is 2.24. The molecule has 2 N–H and O–H groups in total. The van der Waals surface area contributed by atoms with Crippen LogP contribution in [0, 0.1) is 12.3 Å². The van der Waals surface area contributed by atoms with Gasteiger partial charge in [0.15, 0.2) is 0 Å². The summed E-state index contributed by atoms with van der Waals surface area (Å²) in [6.45, 7) is 8.15. The highest BCUT2D eigenvalue weighted by molar-refractivity contribution is 5.32. The van der Waals surface area contributed by atoms with Crippen LogP contribution in [0.15, 0.2) is 36.5 Å². The Bertz CT molecular complexity index is 565. The molecule has 0 aliphatic rings. The highest BCUT2D eigenvalue weighted by atomic mass is 16.3. The zero-order valence-electron chi connectivity index (χ0n) is 13.8. The van der Waals surface area contributed by atoms with Crippen LogP contribution in [0.25, 0.3) is 5.69 Å². The van der Waals surface area contributed by atoms with Gasteiger partial charge in [-0.05, 0) is 31.9 Å². The van der Waals surface area contributed by atoms with E-state index in [4.69, 9.17) is 0 Å². The Labute approximate surface area is 133 Å². The van der Waals surface area contributed by atoms with Crippen molar-refractivity contribution in [2.24, 2.45) is 5.41 Å². The van der Waals surface area contributed by atoms with Crippen LogP contribution in [0.5, 0.6) is 0 Å². The molecule has 1 heterocycles. The minimum atomic E-state index is -0.0106. The largest absolute Gasteiger partial charge is 0.396 e. The maximum absolute atomic E-state index is 9.62. The number of nitrogens with one attached hydrogen (secondary N) is 1. The van der Waals surface area contributed by atoms with Crippen molar-refractivity contribution in [1.82, 2.24) is 15.1 Å². The molecule has 120 valence electrons. The number of hydrogen-bond donors (Lipinski definition) is 2. The van der Waals surface area contributed by atoms with Crippen molar-refractivity contribution in [3.63, 3.8) is 0 Å². The van der Waals surface area contributed by atoms with E-state index in [-0.39, 0.29) is 12.0 Å². The summed E-state index contributed by atoms with van der Waals surface area (Å²) in [5.41, 5.74) is 3.30. The zero-order valence-corrected chi connectivity index (χ0v) is 13.8. The third kappa shape index (κ3) is 3.76. The second kappa shape index (κ2) is 7.56. The summed E-state index contributed by atoms with van der Waals surface area (Å²) in [6, 6.07) is 10.1. The molecule has 22 heavy (non-hydrogen) atoms. The molecule has 0 saturated heterocycles. The van der Waals surface area contributed by atoms with Crippen LogP contribution in [0.3, 0.4) is 0 Å². The Balaban J connectivity index is 2.01. The average molecular weight is 301 g/mol. The fraction of sp³-hybridized carbons (Fsp3) is 0.500. The molecule has 0 amide bonds. The van der Waals surface area contributed by atoms with Gasteiger partial charge < -0.3 is 10.4 Å². The maximum atomic E-state index is 9.62. The van der Waals surface area contributed by atoms with Gasteiger partial charge >= 0.3 is 0 Å². The first-order valence-corrected chi connectivity index (χ1v) is 8.06. The van der Waals surface area contributed by atoms with Crippen molar-refractivity contribution in [3.8, 4) is 5.69 Å². The molecule has 2 rings (SSSR count). The lowest BCUT2D eigenvalue weighted by molar-refractivity contribution is 0.113. The summed E-state index contributed by atoms with van der Waals surface area (Å²) >= 11 is 0. The topological polar surface area (TPSA) is 50.1 Å². The second-order valence-electron chi connectivity index (χ2n) is 5.99. The first kappa shape index (κ1) is 16.7. The molecule has 0 bridgehead atoms. The summed E-state index contributed by atoms with van der Waals surface area (Å²) in [5.74, 6) is 0. The molecule has 0 aliphatic heterocycles. The average Bonchev–Trinajstić information content (AvgIpc) is 2.94. The number of aryl methyl sites for hydroxylation is 1. The first-order valence-electron chi connectivity index (χ1n) is 8.06. The van der Waals surface area contributed by atoms with Gasteiger partial charge in [-0.1, -0.05) is 32.0 Å². The minimum Gasteiger partial charge on any atom is -0.396 e. The van der Waals surface area contributed by atoms with Crippen LogP contribution >= 0.6 is 0 Å². The fourth-order valence-corrected chi connectivity index (χ4v) is 2.62. The molecule has 0 unspecified atom stereocenters. The molecule has 0 aliphatic carbocycles. The summed E-state index contributed by atoms with van der Waals surface area (Å²) in [4.78, 5) is 0. The van der Waals surface area contributed by atoms with E-state index in [0.29, 0.717) is 0 Å². The van der Waals surface area contributed by atoms with E-state index < -0.39 is 0 Å². The molecule has 4 nitrogen and oxygen atoms in total. The number of hydrogen-bond acceptors (Lipinski definition) is 3. The quantitative estimate of drug-likeness (QED) is 0.788. The van der Waals surface area contributed by atoms with Crippen molar-refractivity contribution in [1.29, 1.82) is 0 Å². The van der Waals surface area contributed by atoms with Crippen molar-refractivity contribution < 1.29 is 5.11 Å². The molecular weight excluding hydrogens is 274 g/mol. The number of benzene rings is 1. The molecule has 1 aromatic carbocycles. The third-order valence-electron chi connectivity index (χ3n) is 4.67. The van der Waals surface area contributed by atoms with Crippen molar-refractivity contribution >= 4 is 0 Å². The molecule has 0 saturated carbocycles. The SMILES string of the molecule is CCC(CC)(CO)CNCc1cn(-c2ccccc2)nc1C. The Hall–Kier alpha value is -1.65. The fourth-order valence-electron chi connectivity index (χ4n) is 2.62. The third-order valence-corrected chi connectivity index (χ3v) is 4.67. The summed E-state index contributed by atoms with van der Waals surface area (Å²) in [7, 11) is 0. The molecule has 0 radical (unpaired) electrons. The normalized spacial score (nSPS) is 11.8. The Kier molecular flexibility index (Phi) is 5.75. The van der Waals surface area contributed by atoms with Crippen LogP contribution in [0.1, 0.15) is 37.9 Å². The summed E-state index contributed by atoms with van der Waals surface area (Å²) < 4.78 is 1.92. The lowest BCUT2D eigenvalue weighted by Crippen LogP contribution is -2.36. The smallest absolute Gasteiger partial charge is 0.0645 e. The van der Waals surface area contributed by atoms with Crippen molar-refractivity contribution in [3.05, 3.63) is 47.8 Å². The number of nitrogens with zero attached hydrogens (tertiary/aromatic N) is 2. The highest BCUT2D eigenvalue weighted by Crippen LogP contribution is 2.24. The van der Waals surface area contributed by atoms with Gasteiger partial charge in [-0.25, -0.2) is 4.68 Å². The van der Waals surface area contributed by atoms with Gasteiger partial charge in [0, 0.05) is 36.9 Å². The molecule has 2 aromatic rings. The van der Waals surface area contributed by atoms with Crippen molar-refractivity contribution in [2.45, 2.75) is 40.2 Å². The van der Waals surface area contributed by atoms with Gasteiger partial charge in [0.25, 0.3) is 0 Å². The zero-order chi connectivity index (χ0) is 16.0. The van der Waals surface area contributed by atoms with Gasteiger partial charge in [-0.15, -0.1) is 0 Å². The van der Waals surface area contributed by atoms with E-state index >= 15 is 0 Å². The van der Waals surface area contributed by atoms with Crippen LogP contribution in [0.2, 0.25) is 0 Å². The number of rotatable bonds is 8. The van der Waals surface area contributed by atoms with E-state index in [1.165, 1.54) is 5.56 Å². The number of aliphatic hydroxyl groups excluding tert-OH is 1.